The summed E-state index contributed by atoms with van der Waals surface area (Å²) < 4.78 is 5.53. The van der Waals surface area contributed by atoms with Gasteiger partial charge in [-0.25, -0.2) is 0 Å². The number of nitrogens with two attached hydrogens (primary N) is 1. The zero-order valence-corrected chi connectivity index (χ0v) is 12.5. The maximum absolute atomic E-state index is 12.2. The van der Waals surface area contributed by atoms with E-state index in [0.29, 0.717) is 19.6 Å². The number of aromatic hydroxyl groups is 1. The fourth-order valence-electron chi connectivity index (χ4n) is 2.10. The number of hydrogen-bond acceptors (Lipinski definition) is 4. The number of ether oxygens (including phenoxy) is 1. The highest BCUT2D eigenvalue weighted by molar-refractivity contribution is 5.81. The second kappa shape index (κ2) is 7.43. The second-order valence-electron chi connectivity index (χ2n) is 5.76. The van der Waals surface area contributed by atoms with Crippen LogP contribution in [0.3, 0.4) is 0 Å². The first kappa shape index (κ1) is 15.8. The summed E-state index contributed by atoms with van der Waals surface area (Å²) in [5.41, 5.74) is 6.89. The van der Waals surface area contributed by atoms with Crippen LogP contribution in [0.2, 0.25) is 0 Å². The quantitative estimate of drug-likeness (QED) is 0.705. The zero-order chi connectivity index (χ0) is 15.2. The first-order valence-corrected chi connectivity index (χ1v) is 7.42. The molecule has 1 aromatic rings. The highest BCUT2D eigenvalue weighted by Gasteiger charge is 2.22. The molecule has 1 fully saturated rings. The van der Waals surface area contributed by atoms with Crippen molar-refractivity contribution < 1.29 is 14.6 Å². The standard InChI is InChI=1S/C16H24N2O3/c1-18(8-9-21-11-13-2-3-13)16(20)15(17)10-12-4-6-14(19)7-5-12/h4-7,13,15,19H,2-3,8-11,17H2,1H3/t15-/m0/s1. The summed E-state index contributed by atoms with van der Waals surface area (Å²) in [5.74, 6) is 0.865. The summed E-state index contributed by atoms with van der Waals surface area (Å²) in [6, 6.07) is 6.19. The van der Waals surface area contributed by atoms with Crippen molar-refractivity contribution in [2.75, 3.05) is 26.8 Å². The van der Waals surface area contributed by atoms with Gasteiger partial charge in [0.05, 0.1) is 12.6 Å². The van der Waals surface area contributed by atoms with Gasteiger partial charge in [0.25, 0.3) is 0 Å². The van der Waals surface area contributed by atoms with E-state index in [2.05, 4.69) is 0 Å². The first-order valence-electron chi connectivity index (χ1n) is 7.42. The topological polar surface area (TPSA) is 75.8 Å². The molecule has 1 aromatic carbocycles. The minimum absolute atomic E-state index is 0.0851. The number of likely N-dealkylation sites (N-methyl/N-ethyl adjacent to an activating group) is 1. The zero-order valence-electron chi connectivity index (χ0n) is 12.5. The van der Waals surface area contributed by atoms with E-state index in [1.165, 1.54) is 12.8 Å². The van der Waals surface area contributed by atoms with Gasteiger partial charge in [0.2, 0.25) is 5.91 Å². The van der Waals surface area contributed by atoms with Crippen molar-refractivity contribution in [1.29, 1.82) is 0 Å². The third-order valence-corrected chi connectivity index (χ3v) is 3.71. The number of benzene rings is 1. The molecule has 0 unspecified atom stereocenters. The summed E-state index contributed by atoms with van der Waals surface area (Å²) >= 11 is 0. The molecule has 1 amide bonds. The van der Waals surface area contributed by atoms with Crippen LogP contribution in [0.15, 0.2) is 24.3 Å². The highest BCUT2D eigenvalue weighted by Crippen LogP contribution is 2.28. The molecule has 0 saturated heterocycles. The van der Waals surface area contributed by atoms with Crippen molar-refractivity contribution in [3.8, 4) is 5.75 Å². The number of phenols is 1. The molecule has 1 aliphatic carbocycles. The molecule has 0 aromatic heterocycles. The van der Waals surface area contributed by atoms with Crippen LogP contribution in [0.4, 0.5) is 0 Å². The second-order valence-corrected chi connectivity index (χ2v) is 5.76. The predicted octanol–water partition coefficient (Wildman–Crippen LogP) is 1.15. The van der Waals surface area contributed by atoms with E-state index in [4.69, 9.17) is 10.5 Å². The number of rotatable bonds is 8. The Bertz CT molecular complexity index is 457. The van der Waals surface area contributed by atoms with E-state index >= 15 is 0 Å². The summed E-state index contributed by atoms with van der Waals surface area (Å²) in [7, 11) is 1.75. The largest absolute Gasteiger partial charge is 0.508 e. The van der Waals surface area contributed by atoms with Gasteiger partial charge in [0.15, 0.2) is 0 Å². The predicted molar refractivity (Wildman–Crippen MR) is 81.0 cm³/mol. The van der Waals surface area contributed by atoms with Crippen LogP contribution < -0.4 is 5.73 Å². The summed E-state index contributed by atoms with van der Waals surface area (Å²) in [4.78, 5) is 13.8. The SMILES string of the molecule is CN(CCOCC1CC1)C(=O)[C@@H](N)Cc1ccc(O)cc1. The van der Waals surface area contributed by atoms with Crippen LogP contribution in [0.25, 0.3) is 0 Å². The van der Waals surface area contributed by atoms with Crippen LogP contribution in [0, 0.1) is 5.92 Å². The molecule has 0 bridgehead atoms. The van der Waals surface area contributed by atoms with Crippen molar-refractivity contribution in [1.82, 2.24) is 4.90 Å². The van der Waals surface area contributed by atoms with Gasteiger partial charge in [0, 0.05) is 20.2 Å². The molecule has 0 spiro atoms. The van der Waals surface area contributed by atoms with Crippen molar-refractivity contribution in [3.05, 3.63) is 29.8 Å². The highest BCUT2D eigenvalue weighted by atomic mass is 16.5. The van der Waals surface area contributed by atoms with Gasteiger partial charge in [-0.1, -0.05) is 12.1 Å². The number of amides is 1. The molecule has 1 atom stereocenters. The van der Waals surface area contributed by atoms with Gasteiger partial charge in [-0.05, 0) is 42.9 Å². The van der Waals surface area contributed by atoms with E-state index < -0.39 is 6.04 Å². The van der Waals surface area contributed by atoms with Crippen molar-refractivity contribution in [3.63, 3.8) is 0 Å². The molecule has 1 aliphatic rings. The maximum Gasteiger partial charge on any atom is 0.239 e. The van der Waals surface area contributed by atoms with Crippen molar-refractivity contribution >= 4 is 5.91 Å². The lowest BCUT2D eigenvalue weighted by atomic mass is 10.1. The average Bonchev–Trinajstić information content (AvgIpc) is 3.29. The van der Waals surface area contributed by atoms with E-state index in [0.717, 1.165) is 18.1 Å². The van der Waals surface area contributed by atoms with Gasteiger partial charge in [0.1, 0.15) is 5.75 Å². The monoisotopic (exact) mass is 292 g/mol. The lowest BCUT2D eigenvalue weighted by Crippen LogP contribution is -2.44. The number of phenolic OH excluding ortho intramolecular Hbond substituents is 1. The third-order valence-electron chi connectivity index (χ3n) is 3.71. The minimum atomic E-state index is -0.567. The van der Waals surface area contributed by atoms with Crippen LogP contribution in [-0.2, 0) is 16.0 Å². The molecular weight excluding hydrogens is 268 g/mol. The summed E-state index contributed by atoms with van der Waals surface area (Å²) in [6.07, 6.45) is 3.00. The Hall–Kier alpha value is -1.59. The molecule has 21 heavy (non-hydrogen) atoms. The lowest BCUT2D eigenvalue weighted by Gasteiger charge is -2.21. The smallest absolute Gasteiger partial charge is 0.239 e. The number of nitrogens with zero attached hydrogens (tertiary/aromatic N) is 1. The fraction of sp³-hybridized carbons (Fsp3) is 0.562. The summed E-state index contributed by atoms with van der Waals surface area (Å²) in [5, 5.41) is 9.23. The Morgan fingerprint density at radius 3 is 2.71 bits per heavy atom. The molecule has 1 saturated carbocycles. The van der Waals surface area contributed by atoms with Crippen LogP contribution in [0.1, 0.15) is 18.4 Å². The molecule has 2 rings (SSSR count). The Balaban J connectivity index is 1.70. The van der Waals surface area contributed by atoms with Crippen LogP contribution in [-0.4, -0.2) is 48.8 Å². The molecular formula is C16H24N2O3. The Morgan fingerprint density at radius 1 is 1.43 bits per heavy atom. The fourth-order valence-corrected chi connectivity index (χ4v) is 2.10. The molecule has 3 N–H and O–H groups in total. The number of carbonyl (C=O) groups excluding carboxylic acids is 1. The van der Waals surface area contributed by atoms with Crippen molar-refractivity contribution in [2.45, 2.75) is 25.3 Å². The van der Waals surface area contributed by atoms with Gasteiger partial charge in [-0.2, -0.15) is 0 Å². The lowest BCUT2D eigenvalue weighted by molar-refractivity contribution is -0.131. The first-order chi connectivity index (χ1) is 10.1. The maximum atomic E-state index is 12.2. The minimum Gasteiger partial charge on any atom is -0.508 e. The van der Waals surface area contributed by atoms with E-state index in [1.807, 2.05) is 0 Å². The molecule has 5 nitrogen and oxygen atoms in total. The van der Waals surface area contributed by atoms with Gasteiger partial charge < -0.3 is 20.5 Å². The van der Waals surface area contributed by atoms with E-state index in [1.54, 1.807) is 36.2 Å². The normalized spacial score (nSPS) is 15.7. The molecule has 0 radical (unpaired) electrons. The molecule has 0 aliphatic heterocycles. The van der Waals surface area contributed by atoms with E-state index in [9.17, 15) is 9.90 Å². The average molecular weight is 292 g/mol. The Morgan fingerprint density at radius 2 is 2.10 bits per heavy atom. The van der Waals surface area contributed by atoms with Gasteiger partial charge >= 0.3 is 0 Å². The van der Waals surface area contributed by atoms with E-state index in [-0.39, 0.29) is 11.7 Å². The van der Waals surface area contributed by atoms with Crippen LogP contribution in [0.5, 0.6) is 5.75 Å². The van der Waals surface area contributed by atoms with Crippen molar-refractivity contribution in [2.24, 2.45) is 11.7 Å². The van der Waals surface area contributed by atoms with Gasteiger partial charge in [-0.3, -0.25) is 4.79 Å². The molecule has 116 valence electrons. The van der Waals surface area contributed by atoms with Crippen LogP contribution >= 0.6 is 0 Å². The Kier molecular flexibility index (Phi) is 5.59. The number of carbonyl (C=O) groups is 1. The molecule has 5 heteroatoms. The molecule has 0 heterocycles. The van der Waals surface area contributed by atoms with Gasteiger partial charge in [-0.15, -0.1) is 0 Å². The number of hydrogen-bond donors (Lipinski definition) is 2. The Labute approximate surface area is 125 Å². The summed E-state index contributed by atoms with van der Waals surface area (Å²) in [6.45, 7) is 1.93. The third kappa shape index (κ3) is 5.36.